The Bertz CT molecular complexity index is 414. The molecule has 3 atom stereocenters. The predicted molar refractivity (Wildman–Crippen MR) is 68.1 cm³/mol. The molecule has 2 rings (SSSR count). The third-order valence-corrected chi connectivity index (χ3v) is 3.78. The lowest BCUT2D eigenvalue weighted by Crippen LogP contribution is -2.52. The van der Waals surface area contributed by atoms with E-state index in [0.29, 0.717) is 6.61 Å². The van der Waals surface area contributed by atoms with Gasteiger partial charge in [-0.2, -0.15) is 4.39 Å². The Morgan fingerprint density at radius 1 is 1.39 bits per heavy atom. The summed E-state index contributed by atoms with van der Waals surface area (Å²) in [4.78, 5) is 0.214. The van der Waals surface area contributed by atoms with Crippen LogP contribution in [0.3, 0.4) is 0 Å². The summed E-state index contributed by atoms with van der Waals surface area (Å²) < 4.78 is 37.6. The highest BCUT2D eigenvalue weighted by atomic mass is 79.9. The Morgan fingerprint density at radius 3 is 2.83 bits per heavy atom. The lowest BCUT2D eigenvalue weighted by molar-refractivity contribution is -0.0774. The second-order valence-electron chi connectivity index (χ2n) is 4.30. The van der Waals surface area contributed by atoms with Crippen LogP contribution in [0.5, 0.6) is 5.75 Å². The molecule has 1 aliphatic rings. The van der Waals surface area contributed by atoms with E-state index in [-0.39, 0.29) is 22.8 Å². The molecular weight excluding hydrogens is 306 g/mol. The maximum atomic E-state index is 13.4. The molecule has 0 N–H and O–H groups in total. The molecule has 100 valence electrons. The number of alkyl halides is 1. The zero-order valence-corrected chi connectivity index (χ0v) is 11.6. The largest absolute Gasteiger partial charge is 0.484 e. The summed E-state index contributed by atoms with van der Waals surface area (Å²) in [6.07, 6.45) is 1.31. The van der Waals surface area contributed by atoms with Crippen LogP contribution >= 0.6 is 15.9 Å². The molecule has 0 aromatic heterocycles. The zero-order chi connectivity index (χ0) is 13.1. The van der Waals surface area contributed by atoms with Crippen molar-refractivity contribution >= 4 is 15.9 Å². The summed E-state index contributed by atoms with van der Waals surface area (Å²) in [5.41, 5.74) is 0. The quantitative estimate of drug-likeness (QED) is 0.771. The molecule has 1 aromatic rings. The van der Waals surface area contributed by atoms with Gasteiger partial charge in [0, 0.05) is 17.9 Å². The van der Waals surface area contributed by atoms with E-state index in [4.69, 9.17) is 9.47 Å². The first-order chi connectivity index (χ1) is 8.63. The van der Waals surface area contributed by atoms with Crippen LogP contribution in [0.2, 0.25) is 0 Å². The van der Waals surface area contributed by atoms with Crippen molar-refractivity contribution < 1.29 is 18.3 Å². The fourth-order valence-electron chi connectivity index (χ4n) is 1.85. The van der Waals surface area contributed by atoms with E-state index in [1.54, 1.807) is 0 Å². The number of benzene rings is 1. The van der Waals surface area contributed by atoms with Crippen molar-refractivity contribution in [1.29, 1.82) is 0 Å². The first-order valence-electron chi connectivity index (χ1n) is 5.99. The minimum Gasteiger partial charge on any atom is -0.484 e. The third-order valence-electron chi connectivity index (χ3n) is 2.89. The van der Waals surface area contributed by atoms with Crippen LogP contribution in [0.15, 0.2) is 18.2 Å². The van der Waals surface area contributed by atoms with Gasteiger partial charge in [0.2, 0.25) is 5.82 Å². The Balaban J connectivity index is 1.99. The van der Waals surface area contributed by atoms with Crippen molar-refractivity contribution in [3.8, 4) is 5.75 Å². The van der Waals surface area contributed by atoms with Gasteiger partial charge in [0.15, 0.2) is 11.6 Å². The molecule has 1 fully saturated rings. The Morgan fingerprint density at radius 2 is 2.17 bits per heavy atom. The van der Waals surface area contributed by atoms with Crippen LogP contribution in [-0.4, -0.2) is 23.6 Å². The molecule has 1 saturated carbocycles. The maximum Gasteiger partial charge on any atom is 0.200 e. The van der Waals surface area contributed by atoms with Crippen molar-refractivity contribution in [2.75, 3.05) is 6.61 Å². The highest BCUT2D eigenvalue weighted by Crippen LogP contribution is 2.35. The van der Waals surface area contributed by atoms with Crippen LogP contribution in [0, 0.1) is 11.6 Å². The van der Waals surface area contributed by atoms with Crippen molar-refractivity contribution in [3.63, 3.8) is 0 Å². The smallest absolute Gasteiger partial charge is 0.200 e. The lowest BCUT2D eigenvalue weighted by atomic mass is 9.91. The maximum absolute atomic E-state index is 13.4. The van der Waals surface area contributed by atoms with E-state index < -0.39 is 11.6 Å². The minimum absolute atomic E-state index is 0.0514. The van der Waals surface area contributed by atoms with Gasteiger partial charge in [-0.1, -0.05) is 28.9 Å². The van der Waals surface area contributed by atoms with Crippen molar-refractivity contribution in [3.05, 3.63) is 29.8 Å². The Kier molecular flexibility index (Phi) is 4.56. The molecule has 1 aliphatic carbocycles. The number of ether oxygens (including phenoxy) is 2. The molecule has 0 aliphatic heterocycles. The SMILES string of the molecule is CCCOC1C(Br)CC1Oc1cccc(F)c1F. The van der Waals surface area contributed by atoms with Crippen molar-refractivity contribution in [1.82, 2.24) is 0 Å². The first-order valence-corrected chi connectivity index (χ1v) is 6.91. The molecule has 0 bridgehead atoms. The molecule has 3 unspecified atom stereocenters. The van der Waals surface area contributed by atoms with Gasteiger partial charge >= 0.3 is 0 Å². The number of hydrogen-bond acceptors (Lipinski definition) is 2. The molecule has 0 spiro atoms. The number of hydrogen-bond donors (Lipinski definition) is 0. The minimum atomic E-state index is -0.940. The normalized spacial score (nSPS) is 26.8. The summed E-state index contributed by atoms with van der Waals surface area (Å²) in [7, 11) is 0. The van der Waals surface area contributed by atoms with Crippen LogP contribution in [0.25, 0.3) is 0 Å². The van der Waals surface area contributed by atoms with E-state index in [1.807, 2.05) is 6.92 Å². The van der Waals surface area contributed by atoms with Crippen LogP contribution < -0.4 is 4.74 Å². The Labute approximate surface area is 113 Å². The van der Waals surface area contributed by atoms with E-state index in [1.165, 1.54) is 12.1 Å². The summed E-state index contributed by atoms with van der Waals surface area (Å²) in [6.45, 7) is 2.66. The van der Waals surface area contributed by atoms with Gasteiger partial charge in [0.1, 0.15) is 12.2 Å². The molecule has 1 aromatic carbocycles. The van der Waals surface area contributed by atoms with Gasteiger partial charge < -0.3 is 9.47 Å². The molecule has 18 heavy (non-hydrogen) atoms. The van der Waals surface area contributed by atoms with Gasteiger partial charge in [0.25, 0.3) is 0 Å². The van der Waals surface area contributed by atoms with Crippen LogP contribution in [-0.2, 0) is 4.74 Å². The van der Waals surface area contributed by atoms with Gasteiger partial charge in [-0.05, 0) is 18.6 Å². The van der Waals surface area contributed by atoms with Crippen molar-refractivity contribution in [2.45, 2.75) is 36.8 Å². The van der Waals surface area contributed by atoms with Crippen LogP contribution in [0.4, 0.5) is 8.78 Å². The topological polar surface area (TPSA) is 18.5 Å². The Hall–Kier alpha value is -0.680. The van der Waals surface area contributed by atoms with E-state index in [9.17, 15) is 8.78 Å². The molecule has 0 saturated heterocycles. The lowest BCUT2D eigenvalue weighted by Gasteiger charge is -2.40. The standard InChI is InChI=1S/C13H15BrF2O2/c1-2-6-17-13-8(14)7-11(13)18-10-5-3-4-9(15)12(10)16/h3-5,8,11,13H,2,6-7H2,1H3. The number of rotatable bonds is 5. The molecule has 2 nitrogen and oxygen atoms in total. The molecule has 0 heterocycles. The monoisotopic (exact) mass is 320 g/mol. The summed E-state index contributed by atoms with van der Waals surface area (Å²) >= 11 is 3.47. The van der Waals surface area contributed by atoms with Gasteiger partial charge in [-0.25, -0.2) is 4.39 Å². The average molecular weight is 321 g/mol. The summed E-state index contributed by atoms with van der Waals surface area (Å²) in [5.74, 6) is -1.89. The molecular formula is C13H15BrF2O2. The van der Waals surface area contributed by atoms with E-state index in [2.05, 4.69) is 15.9 Å². The third kappa shape index (κ3) is 2.83. The highest BCUT2D eigenvalue weighted by molar-refractivity contribution is 9.09. The van der Waals surface area contributed by atoms with Gasteiger partial charge in [0.05, 0.1) is 0 Å². The fraction of sp³-hybridized carbons (Fsp3) is 0.538. The first kappa shape index (κ1) is 13.7. The zero-order valence-electron chi connectivity index (χ0n) is 10.0. The van der Waals surface area contributed by atoms with E-state index >= 15 is 0 Å². The predicted octanol–water partition coefficient (Wildman–Crippen LogP) is 3.67. The molecule has 0 amide bonds. The fourth-order valence-corrected chi connectivity index (χ4v) is 2.71. The average Bonchev–Trinajstić information content (AvgIpc) is 2.34. The van der Waals surface area contributed by atoms with Crippen LogP contribution in [0.1, 0.15) is 19.8 Å². The number of halogens is 3. The van der Waals surface area contributed by atoms with Gasteiger partial charge in [-0.15, -0.1) is 0 Å². The summed E-state index contributed by atoms with van der Waals surface area (Å²) in [5, 5.41) is 0. The highest BCUT2D eigenvalue weighted by Gasteiger charge is 2.42. The molecule has 5 heteroatoms. The van der Waals surface area contributed by atoms with Crippen molar-refractivity contribution in [2.24, 2.45) is 0 Å². The second kappa shape index (κ2) is 5.97. The van der Waals surface area contributed by atoms with Gasteiger partial charge in [-0.3, -0.25) is 0 Å². The summed E-state index contributed by atoms with van der Waals surface area (Å²) in [6, 6.07) is 3.93. The molecule has 0 radical (unpaired) electrons. The second-order valence-corrected chi connectivity index (χ2v) is 5.47. The van der Waals surface area contributed by atoms with E-state index in [0.717, 1.165) is 18.9 Å².